The van der Waals surface area contributed by atoms with E-state index in [1.165, 1.54) is 0 Å². The third kappa shape index (κ3) is 8.80. The van der Waals surface area contributed by atoms with Crippen molar-refractivity contribution in [3.63, 3.8) is 0 Å². The van der Waals surface area contributed by atoms with E-state index in [1.54, 1.807) is 6.92 Å². The van der Waals surface area contributed by atoms with Gasteiger partial charge in [-0.25, -0.2) is 0 Å². The van der Waals surface area contributed by atoms with Gasteiger partial charge in [0.15, 0.2) is 0 Å². The Labute approximate surface area is 105 Å². The molecule has 6 heteroatoms. The fourth-order valence-electron chi connectivity index (χ4n) is 0.907. The van der Waals surface area contributed by atoms with Gasteiger partial charge < -0.3 is 9.47 Å². The van der Waals surface area contributed by atoms with E-state index in [1.807, 2.05) is 0 Å². The van der Waals surface area contributed by atoms with Crippen molar-refractivity contribution in [1.29, 1.82) is 0 Å². The monoisotopic (exact) mass is 270 g/mol. The van der Waals surface area contributed by atoms with Crippen LogP contribution in [0.15, 0.2) is 0 Å². The zero-order valence-electron chi connectivity index (χ0n) is 9.21. The summed E-state index contributed by atoms with van der Waals surface area (Å²) < 4.78 is 9.85. The molecule has 0 rings (SSSR count). The largest absolute Gasteiger partial charge is 0.465 e. The fourth-order valence-corrected chi connectivity index (χ4v) is 1.22. The molecule has 0 bridgehead atoms. The van der Waals surface area contributed by atoms with Crippen LogP contribution in [-0.2, 0) is 19.1 Å². The second-order valence-electron chi connectivity index (χ2n) is 3.19. The minimum atomic E-state index is -0.339. The number of hydrogen-bond acceptors (Lipinski definition) is 4. The molecule has 4 nitrogen and oxygen atoms in total. The van der Waals surface area contributed by atoms with Crippen LogP contribution in [0.4, 0.5) is 0 Å². The third-order valence-electron chi connectivity index (χ3n) is 1.72. The lowest BCUT2D eigenvalue weighted by Crippen LogP contribution is -2.18. The average molecular weight is 271 g/mol. The van der Waals surface area contributed by atoms with Crippen LogP contribution >= 0.6 is 23.2 Å². The Morgan fingerprint density at radius 3 is 2.25 bits per heavy atom. The normalized spacial score (nSPS) is 11.9. The highest BCUT2D eigenvalue weighted by Crippen LogP contribution is 2.02. The zero-order valence-corrected chi connectivity index (χ0v) is 10.7. The molecule has 0 aromatic carbocycles. The third-order valence-corrected chi connectivity index (χ3v) is 2.10. The Kier molecular flexibility index (Phi) is 9.43. The molecule has 0 unspecified atom stereocenters. The molecular formula is C10H16Cl2O4. The molecule has 1 atom stereocenters. The van der Waals surface area contributed by atoms with Gasteiger partial charge in [0.2, 0.25) is 0 Å². The maximum atomic E-state index is 11.0. The van der Waals surface area contributed by atoms with E-state index in [0.29, 0.717) is 6.42 Å². The number of hydrogen-bond donors (Lipinski definition) is 0. The summed E-state index contributed by atoms with van der Waals surface area (Å²) in [7, 11) is 0. The van der Waals surface area contributed by atoms with Gasteiger partial charge in [0.05, 0.1) is 19.4 Å². The minimum absolute atomic E-state index is 0.192. The second-order valence-corrected chi connectivity index (χ2v) is 3.94. The second kappa shape index (κ2) is 9.73. The van der Waals surface area contributed by atoms with Crippen LogP contribution < -0.4 is 0 Å². The smallest absolute Gasteiger partial charge is 0.307 e. The van der Waals surface area contributed by atoms with Crippen molar-refractivity contribution < 1.29 is 19.1 Å². The van der Waals surface area contributed by atoms with Gasteiger partial charge in [0, 0.05) is 18.2 Å². The van der Waals surface area contributed by atoms with Crippen LogP contribution in [-0.4, -0.2) is 36.4 Å². The van der Waals surface area contributed by atoms with Crippen molar-refractivity contribution in [3.05, 3.63) is 0 Å². The molecule has 0 aliphatic carbocycles. The van der Waals surface area contributed by atoms with Gasteiger partial charge in [-0.05, 0) is 6.92 Å². The van der Waals surface area contributed by atoms with Crippen LogP contribution in [0, 0.1) is 0 Å². The summed E-state index contributed by atoms with van der Waals surface area (Å²) in [5.74, 6) is -0.182. The Morgan fingerprint density at radius 1 is 1.12 bits per heavy atom. The predicted octanol–water partition coefficient (Wildman–Crippen LogP) is 2.11. The molecule has 0 aliphatic heterocycles. The topological polar surface area (TPSA) is 52.6 Å². The van der Waals surface area contributed by atoms with Gasteiger partial charge in [-0.15, -0.1) is 23.2 Å². The molecule has 0 aromatic heterocycles. The summed E-state index contributed by atoms with van der Waals surface area (Å²) in [6, 6.07) is 0. The van der Waals surface area contributed by atoms with Crippen LogP contribution in [0.5, 0.6) is 0 Å². The number of carbonyl (C=O) groups is 2. The summed E-state index contributed by atoms with van der Waals surface area (Å²) >= 11 is 10.7. The maximum Gasteiger partial charge on any atom is 0.307 e. The Bertz CT molecular complexity index is 221. The van der Waals surface area contributed by atoms with E-state index < -0.39 is 0 Å². The van der Waals surface area contributed by atoms with E-state index in [0.717, 1.165) is 0 Å². The van der Waals surface area contributed by atoms with Crippen LogP contribution in [0.3, 0.4) is 0 Å². The molecule has 0 saturated heterocycles. The first kappa shape index (κ1) is 15.5. The van der Waals surface area contributed by atoms with Crippen LogP contribution in [0.25, 0.3) is 0 Å². The first-order valence-corrected chi connectivity index (χ1v) is 6.14. The zero-order chi connectivity index (χ0) is 12.4. The van der Waals surface area contributed by atoms with Crippen molar-refractivity contribution in [2.24, 2.45) is 0 Å². The summed E-state index contributed by atoms with van der Waals surface area (Å²) in [5.41, 5.74) is 0. The number of ether oxygens (including phenoxy) is 2. The van der Waals surface area contributed by atoms with Gasteiger partial charge >= 0.3 is 11.9 Å². The number of rotatable bonds is 8. The van der Waals surface area contributed by atoms with Crippen molar-refractivity contribution >= 4 is 35.1 Å². The molecule has 0 N–H and O–H groups in total. The first-order chi connectivity index (χ1) is 7.60. The molecule has 0 heterocycles. The molecule has 0 spiro atoms. The number of alkyl halides is 2. The van der Waals surface area contributed by atoms with Gasteiger partial charge in [-0.2, -0.15) is 0 Å². The summed E-state index contributed by atoms with van der Waals surface area (Å²) in [5, 5.41) is 0. The van der Waals surface area contributed by atoms with Crippen LogP contribution in [0.2, 0.25) is 0 Å². The highest BCUT2D eigenvalue weighted by atomic mass is 35.5. The lowest BCUT2D eigenvalue weighted by molar-refractivity contribution is -0.149. The molecule has 0 aromatic rings. The summed E-state index contributed by atoms with van der Waals surface area (Å²) in [6.07, 6.45) is 0.585. The van der Waals surface area contributed by atoms with Crippen molar-refractivity contribution in [2.45, 2.75) is 32.3 Å². The summed E-state index contributed by atoms with van der Waals surface area (Å²) in [6.45, 7) is 1.96. The maximum absolute atomic E-state index is 11.0. The quantitative estimate of drug-likeness (QED) is 0.501. The Balaban J connectivity index is 3.53. The minimum Gasteiger partial charge on any atom is -0.465 e. The standard InChI is InChI=1S/C10H16Cl2O4/c1-8(16-10(14)3-6-12)4-7-15-9(13)2-5-11/h8H,2-7H2,1H3/t8-/m0/s1. The van der Waals surface area contributed by atoms with E-state index >= 15 is 0 Å². The fraction of sp³-hybridized carbons (Fsp3) is 0.800. The molecule has 0 aliphatic rings. The first-order valence-electron chi connectivity index (χ1n) is 5.07. The Hall–Kier alpha value is -0.480. The van der Waals surface area contributed by atoms with Gasteiger partial charge in [0.25, 0.3) is 0 Å². The lowest BCUT2D eigenvalue weighted by Gasteiger charge is -2.12. The highest BCUT2D eigenvalue weighted by molar-refractivity contribution is 6.19. The van der Waals surface area contributed by atoms with Crippen molar-refractivity contribution in [3.8, 4) is 0 Å². The van der Waals surface area contributed by atoms with Crippen molar-refractivity contribution in [1.82, 2.24) is 0 Å². The average Bonchev–Trinajstić information content (AvgIpc) is 2.18. The van der Waals surface area contributed by atoms with E-state index in [4.69, 9.17) is 32.7 Å². The SMILES string of the molecule is C[C@@H](CCOC(=O)CCCl)OC(=O)CCCl. The highest BCUT2D eigenvalue weighted by Gasteiger charge is 2.10. The summed E-state index contributed by atoms with van der Waals surface area (Å²) in [4.78, 5) is 21.9. The lowest BCUT2D eigenvalue weighted by atomic mass is 10.3. The number of carbonyl (C=O) groups excluding carboxylic acids is 2. The van der Waals surface area contributed by atoms with Gasteiger partial charge in [-0.3, -0.25) is 9.59 Å². The van der Waals surface area contributed by atoms with Gasteiger partial charge in [-0.1, -0.05) is 0 Å². The van der Waals surface area contributed by atoms with Crippen LogP contribution in [0.1, 0.15) is 26.2 Å². The van der Waals surface area contributed by atoms with E-state index in [9.17, 15) is 9.59 Å². The van der Waals surface area contributed by atoms with Gasteiger partial charge in [0.1, 0.15) is 6.10 Å². The molecule has 0 saturated carbocycles. The Morgan fingerprint density at radius 2 is 1.69 bits per heavy atom. The molecule has 0 radical (unpaired) electrons. The molecular weight excluding hydrogens is 255 g/mol. The molecule has 0 fully saturated rings. The molecule has 16 heavy (non-hydrogen) atoms. The van der Waals surface area contributed by atoms with E-state index in [-0.39, 0.29) is 49.3 Å². The number of esters is 2. The van der Waals surface area contributed by atoms with Crippen molar-refractivity contribution in [2.75, 3.05) is 18.4 Å². The molecule has 0 amide bonds. The predicted molar refractivity (Wildman–Crippen MR) is 61.8 cm³/mol. The van der Waals surface area contributed by atoms with E-state index in [2.05, 4.69) is 0 Å². The number of halogens is 2. The molecule has 94 valence electrons.